The van der Waals surface area contributed by atoms with Gasteiger partial charge in [-0.05, 0) is 30.7 Å². The van der Waals surface area contributed by atoms with Crippen LogP contribution in [0.5, 0.6) is 5.75 Å². The third-order valence-corrected chi connectivity index (χ3v) is 2.88. The lowest BCUT2D eigenvalue weighted by atomic mass is 10.2. The van der Waals surface area contributed by atoms with Crippen molar-refractivity contribution in [2.45, 2.75) is 13.5 Å². The van der Waals surface area contributed by atoms with E-state index in [1.165, 1.54) is 5.56 Å². The highest BCUT2D eigenvalue weighted by atomic mass is 35.5. The van der Waals surface area contributed by atoms with Gasteiger partial charge in [-0.15, -0.1) is 0 Å². The van der Waals surface area contributed by atoms with E-state index in [4.69, 9.17) is 11.6 Å². The predicted molar refractivity (Wildman–Crippen MR) is 71.6 cm³/mol. The average molecular weight is 248 g/mol. The van der Waals surface area contributed by atoms with Gasteiger partial charge in [0, 0.05) is 17.8 Å². The van der Waals surface area contributed by atoms with E-state index in [9.17, 15) is 5.11 Å². The summed E-state index contributed by atoms with van der Waals surface area (Å²) in [5.41, 5.74) is 3.02. The lowest BCUT2D eigenvalue weighted by Crippen LogP contribution is -1.99. The molecule has 0 aromatic heterocycles. The number of aromatic hydroxyl groups is 1. The second-order valence-corrected chi connectivity index (χ2v) is 4.38. The minimum Gasteiger partial charge on any atom is -0.506 e. The minimum absolute atomic E-state index is 0.148. The van der Waals surface area contributed by atoms with Gasteiger partial charge in [0.05, 0.1) is 5.02 Å². The Balaban J connectivity index is 2.10. The lowest BCUT2D eigenvalue weighted by molar-refractivity contribution is 0.469. The standard InChI is InChI=1S/C14H14ClNO/c1-10-4-2-6-12(8-10)16-9-11-5-3-7-13(15)14(11)17/h2-8,16-17H,9H2,1H3. The molecule has 17 heavy (non-hydrogen) atoms. The number of para-hydroxylation sites is 1. The molecule has 2 aromatic carbocycles. The van der Waals surface area contributed by atoms with E-state index in [1.54, 1.807) is 6.07 Å². The number of phenolic OH excluding ortho intramolecular Hbond substituents is 1. The molecule has 2 rings (SSSR count). The van der Waals surface area contributed by atoms with E-state index in [1.807, 2.05) is 37.3 Å². The Morgan fingerprint density at radius 3 is 2.71 bits per heavy atom. The first-order chi connectivity index (χ1) is 8.16. The molecule has 2 nitrogen and oxygen atoms in total. The largest absolute Gasteiger partial charge is 0.506 e. The van der Waals surface area contributed by atoms with Gasteiger partial charge in [0.25, 0.3) is 0 Å². The Bertz CT molecular complexity index is 525. The number of hydrogen-bond acceptors (Lipinski definition) is 2. The second kappa shape index (κ2) is 5.11. The fourth-order valence-electron chi connectivity index (χ4n) is 1.65. The number of anilines is 1. The van der Waals surface area contributed by atoms with Crippen LogP contribution in [0.25, 0.3) is 0 Å². The van der Waals surface area contributed by atoms with Crippen molar-refractivity contribution >= 4 is 17.3 Å². The first-order valence-corrected chi connectivity index (χ1v) is 5.81. The summed E-state index contributed by atoms with van der Waals surface area (Å²) in [5, 5.41) is 13.4. The Labute approximate surface area is 106 Å². The van der Waals surface area contributed by atoms with Crippen molar-refractivity contribution in [3.8, 4) is 5.75 Å². The zero-order valence-corrected chi connectivity index (χ0v) is 10.3. The molecule has 88 valence electrons. The highest BCUT2D eigenvalue weighted by Crippen LogP contribution is 2.27. The molecule has 2 N–H and O–H groups in total. The summed E-state index contributed by atoms with van der Waals surface area (Å²) in [6.45, 7) is 2.60. The zero-order valence-electron chi connectivity index (χ0n) is 9.57. The number of rotatable bonds is 3. The summed E-state index contributed by atoms with van der Waals surface area (Å²) >= 11 is 5.84. The summed E-state index contributed by atoms with van der Waals surface area (Å²) < 4.78 is 0. The molecule has 0 heterocycles. The summed E-state index contributed by atoms with van der Waals surface area (Å²) in [6.07, 6.45) is 0. The van der Waals surface area contributed by atoms with Crippen LogP contribution in [0.3, 0.4) is 0 Å². The van der Waals surface area contributed by atoms with Gasteiger partial charge in [-0.25, -0.2) is 0 Å². The van der Waals surface area contributed by atoms with Crippen molar-refractivity contribution in [2.24, 2.45) is 0 Å². The number of phenols is 1. The van der Waals surface area contributed by atoms with Gasteiger partial charge in [0.2, 0.25) is 0 Å². The van der Waals surface area contributed by atoms with E-state index < -0.39 is 0 Å². The van der Waals surface area contributed by atoms with Gasteiger partial charge in [0.1, 0.15) is 5.75 Å². The maximum Gasteiger partial charge on any atom is 0.139 e. The van der Waals surface area contributed by atoms with Crippen LogP contribution in [-0.2, 0) is 6.54 Å². The van der Waals surface area contributed by atoms with E-state index in [0.29, 0.717) is 11.6 Å². The van der Waals surface area contributed by atoms with Crippen LogP contribution in [0.4, 0.5) is 5.69 Å². The first kappa shape index (κ1) is 11.8. The number of halogens is 1. The molecule has 0 unspecified atom stereocenters. The van der Waals surface area contributed by atoms with Crippen molar-refractivity contribution in [1.82, 2.24) is 0 Å². The summed E-state index contributed by atoms with van der Waals surface area (Å²) in [7, 11) is 0. The average Bonchev–Trinajstić information content (AvgIpc) is 2.31. The highest BCUT2D eigenvalue weighted by Gasteiger charge is 2.04. The fraction of sp³-hybridized carbons (Fsp3) is 0.143. The molecule has 0 bridgehead atoms. The van der Waals surface area contributed by atoms with Crippen LogP contribution in [0.2, 0.25) is 5.02 Å². The van der Waals surface area contributed by atoms with Crippen molar-refractivity contribution in [1.29, 1.82) is 0 Å². The van der Waals surface area contributed by atoms with E-state index in [2.05, 4.69) is 11.4 Å². The minimum atomic E-state index is 0.148. The molecular weight excluding hydrogens is 234 g/mol. The van der Waals surface area contributed by atoms with Crippen molar-refractivity contribution in [3.63, 3.8) is 0 Å². The van der Waals surface area contributed by atoms with Crippen LogP contribution in [-0.4, -0.2) is 5.11 Å². The third-order valence-electron chi connectivity index (χ3n) is 2.57. The van der Waals surface area contributed by atoms with Gasteiger partial charge in [-0.1, -0.05) is 35.9 Å². The molecule has 0 aliphatic heterocycles. The number of hydrogen-bond donors (Lipinski definition) is 2. The molecule has 0 amide bonds. The van der Waals surface area contributed by atoms with Crippen LogP contribution in [0.15, 0.2) is 42.5 Å². The Kier molecular flexibility index (Phi) is 3.55. The highest BCUT2D eigenvalue weighted by molar-refractivity contribution is 6.32. The fourth-order valence-corrected chi connectivity index (χ4v) is 1.85. The van der Waals surface area contributed by atoms with Crippen LogP contribution in [0.1, 0.15) is 11.1 Å². The number of benzene rings is 2. The molecule has 0 aliphatic rings. The van der Waals surface area contributed by atoms with Gasteiger partial charge in [-0.3, -0.25) is 0 Å². The maximum absolute atomic E-state index is 9.76. The molecule has 0 saturated carbocycles. The van der Waals surface area contributed by atoms with Gasteiger partial charge in [-0.2, -0.15) is 0 Å². The molecule has 0 atom stereocenters. The Morgan fingerprint density at radius 2 is 1.94 bits per heavy atom. The van der Waals surface area contributed by atoms with E-state index in [-0.39, 0.29) is 5.75 Å². The maximum atomic E-state index is 9.76. The van der Waals surface area contributed by atoms with E-state index >= 15 is 0 Å². The summed E-state index contributed by atoms with van der Waals surface area (Å²) in [6, 6.07) is 13.4. The molecule has 0 saturated heterocycles. The lowest BCUT2D eigenvalue weighted by Gasteiger charge is -2.09. The second-order valence-electron chi connectivity index (χ2n) is 3.97. The smallest absolute Gasteiger partial charge is 0.139 e. The predicted octanol–water partition coefficient (Wildman–Crippen LogP) is 3.97. The zero-order chi connectivity index (χ0) is 12.3. The van der Waals surface area contributed by atoms with Gasteiger partial charge < -0.3 is 10.4 Å². The molecule has 0 radical (unpaired) electrons. The molecular formula is C14H14ClNO. The Morgan fingerprint density at radius 1 is 1.18 bits per heavy atom. The topological polar surface area (TPSA) is 32.3 Å². The van der Waals surface area contributed by atoms with Crippen molar-refractivity contribution in [2.75, 3.05) is 5.32 Å². The van der Waals surface area contributed by atoms with Gasteiger partial charge in [0.15, 0.2) is 0 Å². The summed E-state index contributed by atoms with van der Waals surface area (Å²) in [4.78, 5) is 0. The SMILES string of the molecule is Cc1cccc(NCc2cccc(Cl)c2O)c1. The molecule has 0 fully saturated rings. The number of aryl methyl sites for hydroxylation is 1. The summed E-state index contributed by atoms with van der Waals surface area (Å²) in [5.74, 6) is 0.148. The monoisotopic (exact) mass is 247 g/mol. The van der Waals surface area contributed by atoms with Gasteiger partial charge >= 0.3 is 0 Å². The first-order valence-electron chi connectivity index (χ1n) is 5.44. The molecule has 2 aromatic rings. The quantitative estimate of drug-likeness (QED) is 0.860. The normalized spacial score (nSPS) is 10.2. The Hall–Kier alpha value is -1.67. The van der Waals surface area contributed by atoms with Crippen molar-refractivity contribution in [3.05, 3.63) is 58.6 Å². The third kappa shape index (κ3) is 2.92. The van der Waals surface area contributed by atoms with Crippen LogP contribution in [0, 0.1) is 6.92 Å². The van der Waals surface area contributed by atoms with E-state index in [0.717, 1.165) is 11.3 Å². The molecule has 0 aliphatic carbocycles. The number of nitrogens with one attached hydrogen (secondary N) is 1. The molecule has 0 spiro atoms. The van der Waals surface area contributed by atoms with Crippen LogP contribution < -0.4 is 5.32 Å². The van der Waals surface area contributed by atoms with Crippen LogP contribution >= 0.6 is 11.6 Å². The molecule has 3 heteroatoms. The van der Waals surface area contributed by atoms with Crippen molar-refractivity contribution < 1.29 is 5.11 Å².